The van der Waals surface area contributed by atoms with Crippen molar-refractivity contribution in [3.8, 4) is 0 Å². The quantitative estimate of drug-likeness (QED) is 0.598. The summed E-state index contributed by atoms with van der Waals surface area (Å²) in [6, 6.07) is 9.39. The van der Waals surface area contributed by atoms with Crippen molar-refractivity contribution < 1.29 is 21.6 Å². The molecule has 1 aliphatic rings. The van der Waals surface area contributed by atoms with Crippen molar-refractivity contribution in [2.45, 2.75) is 49.1 Å². The maximum atomic E-state index is 12.7. The van der Waals surface area contributed by atoms with Gasteiger partial charge < -0.3 is 5.32 Å². The highest BCUT2D eigenvalue weighted by Crippen LogP contribution is 2.24. The summed E-state index contributed by atoms with van der Waals surface area (Å²) in [6.07, 6.45) is 3.71. The highest BCUT2D eigenvalue weighted by atomic mass is 32.2. The molecule has 2 aromatic rings. The van der Waals surface area contributed by atoms with Gasteiger partial charge in [0.05, 0.1) is 4.90 Å². The molecule has 33 heavy (non-hydrogen) atoms. The summed E-state index contributed by atoms with van der Waals surface area (Å²) < 4.78 is 53.2. The predicted octanol–water partition coefficient (Wildman–Crippen LogP) is 1.83. The van der Waals surface area contributed by atoms with E-state index in [2.05, 4.69) is 10.3 Å². The number of amides is 1. The lowest BCUT2D eigenvalue weighted by Crippen LogP contribution is -2.42. The molecule has 1 aliphatic heterocycles. The van der Waals surface area contributed by atoms with E-state index in [1.165, 1.54) is 39.2 Å². The van der Waals surface area contributed by atoms with E-state index in [9.17, 15) is 21.6 Å². The first-order valence-electron chi connectivity index (χ1n) is 10.8. The second kappa shape index (κ2) is 10.3. The number of rotatable bonds is 8. The van der Waals surface area contributed by atoms with E-state index >= 15 is 0 Å². The Kier molecular flexibility index (Phi) is 7.88. The molecule has 0 saturated carbocycles. The zero-order valence-corrected chi connectivity index (χ0v) is 20.6. The first-order valence-corrected chi connectivity index (χ1v) is 13.7. The predicted molar refractivity (Wildman–Crippen MR) is 124 cm³/mol. The van der Waals surface area contributed by atoms with Crippen LogP contribution in [0.5, 0.6) is 0 Å². The van der Waals surface area contributed by atoms with Crippen LogP contribution in [-0.2, 0) is 31.4 Å². The number of hydrogen-bond donors (Lipinski definition) is 1. The van der Waals surface area contributed by atoms with Crippen molar-refractivity contribution in [1.82, 2.24) is 18.9 Å². The minimum atomic E-state index is -3.61. The summed E-state index contributed by atoms with van der Waals surface area (Å²) in [5, 5.41) is 2.88. The summed E-state index contributed by atoms with van der Waals surface area (Å²) in [6.45, 7) is 4.42. The average molecular weight is 495 g/mol. The van der Waals surface area contributed by atoms with Gasteiger partial charge in [0.2, 0.25) is 26.0 Å². The van der Waals surface area contributed by atoms with Crippen LogP contribution < -0.4 is 5.32 Å². The van der Waals surface area contributed by atoms with Gasteiger partial charge in [-0.1, -0.05) is 12.1 Å². The molecule has 2 heterocycles. The molecule has 1 aromatic carbocycles. The van der Waals surface area contributed by atoms with Crippen LogP contribution in [0.15, 0.2) is 58.6 Å². The number of nitrogens with one attached hydrogen (secondary N) is 1. The molecule has 11 heteroatoms. The number of benzene rings is 1. The lowest BCUT2D eigenvalue weighted by molar-refractivity contribution is -0.126. The molecule has 1 N–H and O–H groups in total. The number of nitrogens with zero attached hydrogens (tertiary/aromatic N) is 3. The molecule has 1 amide bonds. The van der Waals surface area contributed by atoms with Gasteiger partial charge in [-0.3, -0.25) is 9.78 Å². The normalized spacial score (nSPS) is 16.3. The first-order chi connectivity index (χ1) is 15.5. The van der Waals surface area contributed by atoms with Crippen molar-refractivity contribution in [2.24, 2.45) is 5.92 Å². The van der Waals surface area contributed by atoms with Gasteiger partial charge in [-0.25, -0.2) is 16.8 Å². The molecule has 180 valence electrons. The summed E-state index contributed by atoms with van der Waals surface area (Å²) >= 11 is 0. The number of sulfonamides is 2. The average Bonchev–Trinajstić information content (AvgIpc) is 2.82. The van der Waals surface area contributed by atoms with E-state index in [0.717, 1.165) is 5.56 Å². The van der Waals surface area contributed by atoms with E-state index in [0.29, 0.717) is 12.8 Å². The van der Waals surface area contributed by atoms with E-state index in [1.807, 2.05) is 0 Å². The lowest BCUT2D eigenvalue weighted by atomic mass is 9.97. The summed E-state index contributed by atoms with van der Waals surface area (Å²) in [5.41, 5.74) is 0.783. The number of piperidine rings is 1. The van der Waals surface area contributed by atoms with Crippen molar-refractivity contribution >= 4 is 26.0 Å². The molecule has 0 aliphatic carbocycles. The van der Waals surface area contributed by atoms with Crippen LogP contribution in [0.1, 0.15) is 32.3 Å². The summed E-state index contributed by atoms with van der Waals surface area (Å²) in [7, 11) is -5.62. The third-order valence-electron chi connectivity index (χ3n) is 5.89. The van der Waals surface area contributed by atoms with Crippen LogP contribution in [0.25, 0.3) is 0 Å². The molecule has 3 rings (SSSR count). The Labute approximate surface area is 195 Å². The van der Waals surface area contributed by atoms with Gasteiger partial charge in [0.1, 0.15) is 4.90 Å². The Morgan fingerprint density at radius 2 is 1.73 bits per heavy atom. The van der Waals surface area contributed by atoms with Gasteiger partial charge in [0, 0.05) is 51.0 Å². The number of carbonyl (C=O) groups excluding carboxylic acids is 1. The van der Waals surface area contributed by atoms with E-state index in [4.69, 9.17) is 0 Å². The highest BCUT2D eigenvalue weighted by molar-refractivity contribution is 7.89. The maximum Gasteiger partial charge on any atom is 0.244 e. The Bertz CT molecular complexity index is 1160. The van der Waals surface area contributed by atoms with Crippen LogP contribution in [0, 0.1) is 5.92 Å². The van der Waals surface area contributed by atoms with Gasteiger partial charge in [0.25, 0.3) is 0 Å². The molecule has 9 nitrogen and oxygen atoms in total. The molecule has 0 bridgehead atoms. The van der Waals surface area contributed by atoms with E-state index < -0.39 is 20.0 Å². The van der Waals surface area contributed by atoms with Crippen LogP contribution >= 0.6 is 0 Å². The molecule has 0 atom stereocenters. The molecule has 0 unspecified atom stereocenters. The first kappa shape index (κ1) is 25.3. The number of aromatic nitrogens is 1. The zero-order valence-electron chi connectivity index (χ0n) is 19.0. The Morgan fingerprint density at radius 1 is 1.09 bits per heavy atom. The minimum absolute atomic E-state index is 0.135. The van der Waals surface area contributed by atoms with Crippen molar-refractivity contribution in [3.05, 3.63) is 54.4 Å². The number of hydrogen-bond acceptors (Lipinski definition) is 6. The third kappa shape index (κ3) is 5.78. The fraction of sp³-hybridized carbons (Fsp3) is 0.455. The van der Waals surface area contributed by atoms with Crippen LogP contribution in [0.2, 0.25) is 0 Å². The Morgan fingerprint density at radius 3 is 2.27 bits per heavy atom. The molecule has 1 fully saturated rings. The van der Waals surface area contributed by atoms with Gasteiger partial charge in [-0.05, 0) is 56.5 Å². The monoisotopic (exact) mass is 494 g/mol. The van der Waals surface area contributed by atoms with Crippen molar-refractivity contribution in [3.63, 3.8) is 0 Å². The summed E-state index contributed by atoms with van der Waals surface area (Å²) in [4.78, 5) is 16.8. The highest BCUT2D eigenvalue weighted by Gasteiger charge is 2.32. The van der Waals surface area contributed by atoms with Crippen molar-refractivity contribution in [1.29, 1.82) is 0 Å². The van der Waals surface area contributed by atoms with E-state index in [1.54, 1.807) is 39.1 Å². The third-order valence-corrected chi connectivity index (χ3v) is 9.82. The van der Waals surface area contributed by atoms with Crippen LogP contribution in [0.3, 0.4) is 0 Å². The second-order valence-electron chi connectivity index (χ2n) is 8.34. The van der Waals surface area contributed by atoms with Crippen molar-refractivity contribution in [2.75, 3.05) is 20.1 Å². The Balaban J connectivity index is 1.53. The van der Waals surface area contributed by atoms with Gasteiger partial charge in [-0.2, -0.15) is 8.61 Å². The molecule has 1 saturated heterocycles. The SMILES string of the molecule is CC(C)N(C)S(=O)(=O)c1ccc(CNC(=O)C2CCN(S(=O)(=O)c3cccnc3)CC2)cc1. The molecule has 1 aromatic heterocycles. The fourth-order valence-corrected chi connectivity index (χ4v) is 6.37. The lowest BCUT2D eigenvalue weighted by Gasteiger charge is -2.30. The van der Waals surface area contributed by atoms with Gasteiger partial charge >= 0.3 is 0 Å². The van der Waals surface area contributed by atoms with Gasteiger partial charge in [0.15, 0.2) is 0 Å². The molecular weight excluding hydrogens is 464 g/mol. The van der Waals surface area contributed by atoms with Crippen LogP contribution in [-0.4, -0.2) is 62.5 Å². The maximum absolute atomic E-state index is 12.7. The second-order valence-corrected chi connectivity index (χ2v) is 12.3. The van der Waals surface area contributed by atoms with Crippen LogP contribution in [0.4, 0.5) is 0 Å². The van der Waals surface area contributed by atoms with Gasteiger partial charge in [-0.15, -0.1) is 0 Å². The topological polar surface area (TPSA) is 117 Å². The largest absolute Gasteiger partial charge is 0.352 e. The Hall–Kier alpha value is -2.34. The standard InChI is InChI=1S/C22H30N4O5S2/c1-17(2)25(3)32(28,29)20-8-6-18(7-9-20)15-24-22(27)19-10-13-26(14-11-19)33(30,31)21-5-4-12-23-16-21/h4-9,12,16-17,19H,10-11,13-15H2,1-3H3,(H,24,27). The fourth-order valence-electron chi connectivity index (χ4n) is 3.56. The molecule has 0 radical (unpaired) electrons. The summed E-state index contributed by atoms with van der Waals surface area (Å²) in [5.74, 6) is -0.408. The molecular formula is C22H30N4O5S2. The number of pyridine rings is 1. The smallest absolute Gasteiger partial charge is 0.244 e. The van der Waals surface area contributed by atoms with E-state index in [-0.39, 0.29) is 47.3 Å². The zero-order chi connectivity index (χ0) is 24.2. The minimum Gasteiger partial charge on any atom is -0.352 e. The number of carbonyl (C=O) groups is 1. The molecule has 0 spiro atoms.